The highest BCUT2D eigenvalue weighted by Crippen LogP contribution is 2.69. The van der Waals surface area contributed by atoms with Gasteiger partial charge in [-0.3, -0.25) is 0 Å². The van der Waals surface area contributed by atoms with E-state index in [2.05, 4.69) is 11.3 Å². The number of hydrogen-bond acceptors (Lipinski definition) is 3. The van der Waals surface area contributed by atoms with Crippen LogP contribution >= 0.6 is 0 Å². The Morgan fingerprint density at radius 3 is 0.980 bits per heavy atom. The number of ether oxygens (including phenoxy) is 1. The second kappa shape index (κ2) is 12.2. The van der Waals surface area contributed by atoms with Gasteiger partial charge in [-0.2, -0.15) is 114 Å². The molecule has 0 bridgehead atoms. The zero-order valence-electron chi connectivity index (χ0n) is 21.7. The minimum Gasteiger partial charge on any atom is -0.460 e. The van der Waals surface area contributed by atoms with Gasteiger partial charge in [0.25, 0.3) is 0 Å². The second-order valence-electron chi connectivity index (χ2n) is 9.22. The van der Waals surface area contributed by atoms with Gasteiger partial charge in [-0.1, -0.05) is 6.58 Å². The maximum atomic E-state index is 13.9. The third-order valence-electron chi connectivity index (χ3n) is 5.90. The summed E-state index contributed by atoms with van der Waals surface area (Å²) in [4.78, 5) is 10.7. The average molecular weight is 798 g/mol. The van der Waals surface area contributed by atoms with E-state index in [1.54, 1.807) is 0 Å². The topological polar surface area (TPSA) is 46.5 Å². The zero-order valence-corrected chi connectivity index (χ0v) is 21.7. The van der Waals surface area contributed by atoms with Crippen molar-refractivity contribution in [2.24, 2.45) is 0 Å². The highest BCUT2D eigenvalue weighted by Gasteiger charge is 3.01. The lowest BCUT2D eigenvalue weighted by Crippen LogP contribution is -2.79. The molecule has 0 saturated carbocycles. The van der Waals surface area contributed by atoms with Crippen molar-refractivity contribution in [3.63, 3.8) is 0 Å². The number of carbonyl (C=O) groups excluding carboxylic acids is 1. The molecule has 3 nitrogen and oxygen atoms in total. The molecule has 0 amide bonds. The first kappa shape index (κ1) is 46.3. The van der Waals surface area contributed by atoms with Crippen LogP contribution in [0.4, 0.5) is 119 Å². The molecule has 1 N–H and O–H groups in total. The summed E-state index contributed by atoms with van der Waals surface area (Å²) in [6.45, 7) is 0.599. The fourth-order valence-corrected chi connectivity index (χ4v) is 3.06. The predicted octanol–water partition coefficient (Wildman–Crippen LogP) is 8.65. The monoisotopic (exact) mass is 798 g/mol. The highest BCUT2D eigenvalue weighted by molar-refractivity contribution is 5.81. The average Bonchev–Trinajstić information content (AvgIpc) is 2.88. The van der Waals surface area contributed by atoms with E-state index in [1.165, 1.54) is 0 Å². The Morgan fingerprint density at radius 2 is 0.735 bits per heavy atom. The van der Waals surface area contributed by atoms with E-state index >= 15 is 0 Å². The Hall–Kier alpha value is -2.72. The van der Waals surface area contributed by atoms with E-state index in [9.17, 15) is 123 Å². The Labute approximate surface area is 249 Å². The molecule has 0 spiro atoms. The first-order valence-electron chi connectivity index (χ1n) is 10.9. The number of carbonyl (C=O) groups is 1. The van der Waals surface area contributed by atoms with E-state index in [4.69, 9.17) is 5.11 Å². The van der Waals surface area contributed by atoms with Crippen LogP contribution in [0.5, 0.6) is 0 Å². The van der Waals surface area contributed by atoms with Crippen LogP contribution in [0.25, 0.3) is 0 Å². The van der Waals surface area contributed by atoms with E-state index in [0.29, 0.717) is 0 Å². The predicted molar refractivity (Wildman–Crippen MR) is 97.2 cm³/mol. The first-order chi connectivity index (χ1) is 20.8. The van der Waals surface area contributed by atoms with E-state index in [1.807, 2.05) is 0 Å². The number of alkyl halides is 27. The molecule has 0 aromatic heterocycles. The summed E-state index contributed by atoms with van der Waals surface area (Å²) < 4.78 is 368. The summed E-state index contributed by atoms with van der Waals surface area (Å²) in [7, 11) is 0. The number of aliphatic hydroxyl groups excluding tert-OH is 1. The van der Waals surface area contributed by atoms with Crippen LogP contribution in [0, 0.1) is 0 Å². The highest BCUT2D eigenvalue weighted by atomic mass is 19.4. The van der Waals surface area contributed by atoms with Crippen LogP contribution in [0.3, 0.4) is 0 Å². The molecule has 0 saturated heterocycles. The van der Waals surface area contributed by atoms with E-state index < -0.39 is 102 Å². The molecule has 1 atom stereocenters. The van der Waals surface area contributed by atoms with E-state index in [0.717, 1.165) is 0 Å². The quantitative estimate of drug-likeness (QED) is 0.103. The summed E-state index contributed by atoms with van der Waals surface area (Å²) in [5.74, 6) is -94.7. The van der Waals surface area contributed by atoms with Crippen LogP contribution in [0.2, 0.25) is 0 Å². The van der Waals surface area contributed by atoms with Crippen molar-refractivity contribution < 1.29 is 133 Å². The number of aliphatic hydroxyl groups is 1. The minimum absolute atomic E-state index is 0.118. The van der Waals surface area contributed by atoms with Gasteiger partial charge in [0.05, 0.1) is 6.10 Å². The molecule has 0 aliphatic heterocycles. The summed E-state index contributed by atoms with van der Waals surface area (Å²) in [5.41, 5.74) is -9.26. The van der Waals surface area contributed by atoms with Gasteiger partial charge in [-0.05, 0) is 0 Å². The molecule has 0 radical (unpaired) electrons. The van der Waals surface area contributed by atoms with Crippen LogP contribution in [0.1, 0.15) is 6.42 Å². The van der Waals surface area contributed by atoms with Crippen LogP contribution < -0.4 is 0 Å². The fourth-order valence-electron chi connectivity index (χ4n) is 3.06. The van der Waals surface area contributed by atoms with E-state index in [-0.39, 0.29) is 6.08 Å². The van der Waals surface area contributed by atoms with Crippen molar-refractivity contribution in [2.75, 3.05) is 6.61 Å². The summed E-state index contributed by atoms with van der Waals surface area (Å²) in [5, 5.41) is 9.04. The molecule has 1 unspecified atom stereocenters. The van der Waals surface area contributed by atoms with Crippen molar-refractivity contribution in [1.29, 1.82) is 0 Å². The molecule has 0 aromatic rings. The zero-order chi connectivity index (χ0) is 40.5. The first-order valence-corrected chi connectivity index (χ1v) is 10.9. The Balaban J connectivity index is 7.35. The third kappa shape index (κ3) is 6.17. The molecule has 49 heavy (non-hydrogen) atoms. The SMILES string of the molecule is C=CC(=O)OCC(O)CC(F)(F)C(F)(F)C(F)(F)C(F)(F)C(F)(F)C(F)(F)C(F)(F)C(F)(F)C(F)(F)C(F)(F)C(F)(C(F)(F)F)C(F)(F)F. The second-order valence-corrected chi connectivity index (χ2v) is 9.22. The lowest BCUT2D eigenvalue weighted by molar-refractivity contribution is -0.487. The molecule has 0 aromatic carbocycles. The maximum Gasteiger partial charge on any atom is 0.438 e. The Bertz CT molecular complexity index is 1200. The van der Waals surface area contributed by atoms with Gasteiger partial charge >= 0.3 is 83.2 Å². The van der Waals surface area contributed by atoms with Gasteiger partial charge in [0.15, 0.2) is 0 Å². The van der Waals surface area contributed by atoms with Crippen molar-refractivity contribution in [3.05, 3.63) is 12.7 Å². The van der Waals surface area contributed by atoms with Crippen molar-refractivity contribution in [2.45, 2.75) is 89.8 Å². The third-order valence-corrected chi connectivity index (χ3v) is 5.90. The smallest absolute Gasteiger partial charge is 0.438 e. The molecular formula is C19H9F27O3. The fraction of sp³-hybridized carbons (Fsp3) is 0.842. The Morgan fingerprint density at radius 1 is 0.490 bits per heavy atom. The van der Waals surface area contributed by atoms with Crippen molar-refractivity contribution in [3.8, 4) is 0 Å². The minimum atomic E-state index is -9.89. The van der Waals surface area contributed by atoms with Crippen molar-refractivity contribution >= 4 is 5.97 Å². The molecule has 0 rings (SSSR count). The Kier molecular flexibility index (Phi) is 11.5. The summed E-state index contributed by atoms with van der Waals surface area (Å²) in [6.07, 6.45) is -24.3. The van der Waals surface area contributed by atoms with Crippen LogP contribution in [-0.4, -0.2) is 101 Å². The molecular weight excluding hydrogens is 789 g/mol. The summed E-state index contributed by atoms with van der Waals surface area (Å²) >= 11 is 0. The molecule has 0 fully saturated rings. The summed E-state index contributed by atoms with van der Waals surface area (Å²) in [6, 6.07) is 0. The van der Waals surface area contributed by atoms with Gasteiger partial charge < -0.3 is 9.84 Å². The van der Waals surface area contributed by atoms with Gasteiger partial charge in [0.2, 0.25) is 0 Å². The molecule has 0 aliphatic carbocycles. The molecule has 292 valence electrons. The van der Waals surface area contributed by atoms with Gasteiger partial charge in [-0.15, -0.1) is 0 Å². The van der Waals surface area contributed by atoms with Gasteiger partial charge in [0.1, 0.15) is 6.61 Å². The van der Waals surface area contributed by atoms with Crippen molar-refractivity contribution in [1.82, 2.24) is 0 Å². The van der Waals surface area contributed by atoms with Crippen LogP contribution in [0.15, 0.2) is 12.7 Å². The largest absolute Gasteiger partial charge is 0.460 e. The van der Waals surface area contributed by atoms with Gasteiger partial charge in [0, 0.05) is 12.5 Å². The number of hydrogen-bond donors (Lipinski definition) is 1. The van der Waals surface area contributed by atoms with Gasteiger partial charge in [-0.25, -0.2) is 9.18 Å². The number of esters is 1. The number of halogens is 27. The molecule has 30 heteroatoms. The van der Waals surface area contributed by atoms with Crippen LogP contribution in [-0.2, 0) is 9.53 Å². The normalized spacial score (nSPS) is 16.8. The standard InChI is InChI=1S/C19H9F27O3/c1-2-6(48)49-4-5(47)3-7(20,21)9(23,24)11(27,28)13(31,32)15(35,36)17(39,40)16(37,38)14(33,34)12(29,30)10(25,26)8(22,18(41,42)43)19(44,45)46/h2,5,47H,1,3-4H2. The lowest BCUT2D eigenvalue weighted by Gasteiger charge is -2.46. The molecule has 0 heterocycles. The molecule has 0 aliphatic rings. The lowest BCUT2D eigenvalue weighted by atomic mass is 9.81. The maximum absolute atomic E-state index is 13.9. The number of rotatable bonds is 15.